The Hall–Kier alpha value is -0.610. The molecule has 1 unspecified atom stereocenters. The Kier molecular flexibility index (Phi) is 7.51. The SMILES string of the molecule is CC[NH+]1CCC[C@@H]1C[NH2+]CC(=O)NC1CCCCCCC1. The number of quaternary nitrogens is 2. The molecule has 0 aromatic rings. The van der Waals surface area contributed by atoms with E-state index in [0.29, 0.717) is 12.6 Å². The van der Waals surface area contributed by atoms with Gasteiger partial charge in [0.1, 0.15) is 12.6 Å². The summed E-state index contributed by atoms with van der Waals surface area (Å²) in [4.78, 5) is 13.8. The highest BCUT2D eigenvalue weighted by Gasteiger charge is 2.28. The van der Waals surface area contributed by atoms with Crippen molar-refractivity contribution in [1.82, 2.24) is 5.32 Å². The molecular weight excluding hydrogens is 262 g/mol. The maximum absolute atomic E-state index is 12.1. The van der Waals surface area contributed by atoms with E-state index in [-0.39, 0.29) is 5.91 Å². The molecule has 21 heavy (non-hydrogen) atoms. The van der Waals surface area contributed by atoms with Crippen molar-refractivity contribution in [3.63, 3.8) is 0 Å². The lowest BCUT2D eigenvalue weighted by Crippen LogP contribution is -3.16. The molecule has 0 bridgehead atoms. The first-order chi connectivity index (χ1) is 10.3. The van der Waals surface area contributed by atoms with Crippen LogP contribution in [-0.4, -0.2) is 44.2 Å². The van der Waals surface area contributed by atoms with Gasteiger partial charge in [-0.3, -0.25) is 4.79 Å². The van der Waals surface area contributed by atoms with Crippen LogP contribution < -0.4 is 15.5 Å². The van der Waals surface area contributed by atoms with Gasteiger partial charge in [0.05, 0.1) is 13.1 Å². The number of carbonyl (C=O) groups is 1. The molecule has 1 amide bonds. The first-order valence-electron chi connectivity index (χ1n) is 9.25. The average Bonchev–Trinajstić information content (AvgIpc) is 2.89. The number of rotatable bonds is 6. The zero-order chi connectivity index (χ0) is 14.9. The van der Waals surface area contributed by atoms with Gasteiger partial charge in [-0.1, -0.05) is 32.1 Å². The fraction of sp³-hybridized carbons (Fsp3) is 0.941. The molecule has 122 valence electrons. The third kappa shape index (κ3) is 5.95. The van der Waals surface area contributed by atoms with Gasteiger partial charge in [0.25, 0.3) is 5.91 Å². The van der Waals surface area contributed by atoms with Crippen LogP contribution >= 0.6 is 0 Å². The zero-order valence-corrected chi connectivity index (χ0v) is 13.8. The fourth-order valence-corrected chi connectivity index (χ4v) is 4.04. The smallest absolute Gasteiger partial charge is 0.275 e. The lowest BCUT2D eigenvalue weighted by Gasteiger charge is -2.21. The van der Waals surface area contributed by atoms with Crippen LogP contribution in [0.15, 0.2) is 0 Å². The molecule has 2 rings (SSSR count). The third-order valence-electron chi connectivity index (χ3n) is 5.33. The molecule has 1 aliphatic carbocycles. The van der Waals surface area contributed by atoms with Crippen LogP contribution in [0.1, 0.15) is 64.7 Å². The summed E-state index contributed by atoms with van der Waals surface area (Å²) in [6.45, 7) is 6.55. The van der Waals surface area contributed by atoms with Gasteiger partial charge in [-0.25, -0.2) is 0 Å². The van der Waals surface area contributed by atoms with Crippen molar-refractivity contribution >= 4 is 5.91 Å². The third-order valence-corrected chi connectivity index (χ3v) is 5.33. The van der Waals surface area contributed by atoms with Gasteiger partial charge < -0.3 is 15.5 Å². The maximum Gasteiger partial charge on any atom is 0.275 e. The number of likely N-dealkylation sites (N-methyl/N-ethyl adjacent to an activating group) is 1. The Bertz CT molecular complexity index is 300. The number of nitrogens with one attached hydrogen (secondary N) is 2. The number of hydrogen-bond donors (Lipinski definition) is 3. The van der Waals surface area contributed by atoms with Crippen molar-refractivity contribution in [2.75, 3.05) is 26.2 Å². The Morgan fingerprint density at radius 2 is 1.81 bits per heavy atom. The average molecular weight is 297 g/mol. The number of likely N-dealkylation sites (tertiary alicyclic amines) is 1. The molecule has 1 saturated heterocycles. The molecule has 0 spiro atoms. The summed E-state index contributed by atoms with van der Waals surface area (Å²) in [5.74, 6) is 0.247. The van der Waals surface area contributed by atoms with E-state index < -0.39 is 0 Å². The van der Waals surface area contributed by atoms with Gasteiger partial charge in [-0.15, -0.1) is 0 Å². The Balaban J connectivity index is 1.60. The van der Waals surface area contributed by atoms with Crippen LogP contribution in [0.25, 0.3) is 0 Å². The Morgan fingerprint density at radius 3 is 2.52 bits per heavy atom. The quantitative estimate of drug-likeness (QED) is 0.627. The molecule has 4 heteroatoms. The van der Waals surface area contributed by atoms with Gasteiger partial charge in [0.15, 0.2) is 6.54 Å². The molecule has 2 fully saturated rings. The maximum atomic E-state index is 12.1. The van der Waals surface area contributed by atoms with Crippen LogP contribution in [0.5, 0.6) is 0 Å². The molecule has 4 nitrogen and oxygen atoms in total. The van der Waals surface area contributed by atoms with E-state index in [9.17, 15) is 4.79 Å². The zero-order valence-electron chi connectivity index (χ0n) is 13.8. The second-order valence-electron chi connectivity index (χ2n) is 6.94. The number of hydrogen-bond acceptors (Lipinski definition) is 1. The molecular formula is C17H35N3O+2. The predicted molar refractivity (Wildman–Crippen MR) is 85.3 cm³/mol. The first kappa shape index (κ1) is 16.8. The van der Waals surface area contributed by atoms with E-state index >= 15 is 0 Å². The summed E-state index contributed by atoms with van der Waals surface area (Å²) in [5.41, 5.74) is 0. The molecule has 4 N–H and O–H groups in total. The largest absolute Gasteiger partial charge is 0.348 e. The Morgan fingerprint density at radius 1 is 1.10 bits per heavy atom. The van der Waals surface area contributed by atoms with Crippen molar-refractivity contribution in [2.45, 2.75) is 76.8 Å². The van der Waals surface area contributed by atoms with Crippen molar-refractivity contribution in [3.05, 3.63) is 0 Å². The molecule has 0 aromatic carbocycles. The van der Waals surface area contributed by atoms with E-state index in [4.69, 9.17) is 0 Å². The molecule has 1 saturated carbocycles. The molecule has 0 radical (unpaired) electrons. The lowest BCUT2D eigenvalue weighted by atomic mass is 9.97. The van der Waals surface area contributed by atoms with E-state index in [1.54, 1.807) is 4.90 Å². The standard InChI is InChI=1S/C17H33N3O/c1-2-20-12-8-11-16(20)13-18-14-17(21)19-15-9-6-4-3-5-7-10-15/h15-16,18H,2-14H2,1H3,(H,19,21)/p+2/t16-/m1/s1. The number of carbonyl (C=O) groups excluding carboxylic acids is 1. The lowest BCUT2D eigenvalue weighted by molar-refractivity contribution is -0.923. The predicted octanol–water partition coefficient (Wildman–Crippen LogP) is -0.154. The molecule has 1 heterocycles. The summed E-state index contributed by atoms with van der Waals surface area (Å²) >= 11 is 0. The van der Waals surface area contributed by atoms with Gasteiger partial charge in [-0.2, -0.15) is 0 Å². The van der Waals surface area contributed by atoms with Gasteiger partial charge >= 0.3 is 0 Å². The van der Waals surface area contributed by atoms with Gasteiger partial charge in [0.2, 0.25) is 0 Å². The summed E-state index contributed by atoms with van der Waals surface area (Å²) < 4.78 is 0. The highest BCUT2D eigenvalue weighted by Crippen LogP contribution is 2.16. The van der Waals surface area contributed by atoms with Gasteiger partial charge in [-0.05, 0) is 19.8 Å². The minimum Gasteiger partial charge on any atom is -0.348 e. The highest BCUT2D eigenvalue weighted by atomic mass is 16.1. The monoisotopic (exact) mass is 297 g/mol. The van der Waals surface area contributed by atoms with E-state index in [1.807, 2.05) is 0 Å². The normalized spacial score (nSPS) is 28.0. The molecule has 2 aliphatic rings. The summed E-state index contributed by atoms with van der Waals surface area (Å²) in [6.07, 6.45) is 11.7. The van der Waals surface area contributed by atoms with Gasteiger partial charge in [0, 0.05) is 18.9 Å². The molecule has 2 atom stereocenters. The van der Waals surface area contributed by atoms with Crippen LogP contribution in [0.3, 0.4) is 0 Å². The van der Waals surface area contributed by atoms with E-state index in [1.165, 1.54) is 70.9 Å². The van der Waals surface area contributed by atoms with Crippen LogP contribution in [0.4, 0.5) is 0 Å². The minimum atomic E-state index is 0.247. The fourth-order valence-electron chi connectivity index (χ4n) is 4.04. The van der Waals surface area contributed by atoms with Crippen LogP contribution in [0, 0.1) is 0 Å². The van der Waals surface area contributed by atoms with Crippen LogP contribution in [-0.2, 0) is 4.79 Å². The second kappa shape index (κ2) is 9.42. The first-order valence-corrected chi connectivity index (χ1v) is 9.25. The number of nitrogens with two attached hydrogens (primary N) is 1. The number of amides is 1. The molecule has 1 aliphatic heterocycles. The topological polar surface area (TPSA) is 50.2 Å². The minimum absolute atomic E-state index is 0.247. The van der Waals surface area contributed by atoms with Crippen molar-refractivity contribution in [3.8, 4) is 0 Å². The Labute approximate surface area is 130 Å². The van der Waals surface area contributed by atoms with E-state index in [2.05, 4.69) is 17.6 Å². The van der Waals surface area contributed by atoms with Crippen molar-refractivity contribution in [1.29, 1.82) is 0 Å². The van der Waals surface area contributed by atoms with Crippen molar-refractivity contribution < 1.29 is 15.0 Å². The summed E-state index contributed by atoms with van der Waals surface area (Å²) in [5, 5.41) is 5.49. The second-order valence-corrected chi connectivity index (χ2v) is 6.94. The summed E-state index contributed by atoms with van der Waals surface area (Å²) in [6, 6.07) is 1.21. The van der Waals surface area contributed by atoms with E-state index in [0.717, 1.165) is 12.6 Å². The van der Waals surface area contributed by atoms with Crippen LogP contribution in [0.2, 0.25) is 0 Å². The van der Waals surface area contributed by atoms with Crippen molar-refractivity contribution in [2.24, 2.45) is 0 Å². The molecule has 0 aromatic heterocycles. The summed E-state index contributed by atoms with van der Waals surface area (Å²) in [7, 11) is 0. The highest BCUT2D eigenvalue weighted by molar-refractivity contribution is 5.77.